The van der Waals surface area contributed by atoms with Crippen molar-refractivity contribution >= 4 is 11.6 Å². The molecule has 0 bridgehead atoms. The molecule has 2 N–H and O–H groups in total. The SMILES string of the molecule is NC(=O)c1ccnn2cnnc12. The lowest BCUT2D eigenvalue weighted by Gasteiger charge is -1.94. The lowest BCUT2D eigenvalue weighted by Crippen LogP contribution is -2.13. The highest BCUT2D eigenvalue weighted by molar-refractivity contribution is 5.98. The fraction of sp³-hybridized carbons (Fsp3) is 0. The number of nitrogens with zero attached hydrogens (tertiary/aromatic N) is 4. The number of nitrogens with two attached hydrogens (primary N) is 1. The first kappa shape index (κ1) is 6.71. The van der Waals surface area contributed by atoms with Gasteiger partial charge in [-0.3, -0.25) is 4.79 Å². The van der Waals surface area contributed by atoms with Crippen molar-refractivity contribution in [3.63, 3.8) is 0 Å². The molecule has 0 aromatic carbocycles. The zero-order chi connectivity index (χ0) is 8.55. The number of hydrogen-bond donors (Lipinski definition) is 1. The molecule has 2 heterocycles. The molecule has 0 unspecified atom stereocenters. The van der Waals surface area contributed by atoms with E-state index in [0.29, 0.717) is 11.2 Å². The minimum absolute atomic E-state index is 0.322. The summed E-state index contributed by atoms with van der Waals surface area (Å²) in [5.41, 5.74) is 5.79. The van der Waals surface area contributed by atoms with Crippen LogP contribution >= 0.6 is 0 Å². The summed E-state index contributed by atoms with van der Waals surface area (Å²) in [6, 6.07) is 1.51. The molecule has 0 radical (unpaired) electrons. The van der Waals surface area contributed by atoms with Crippen LogP contribution in [0.4, 0.5) is 0 Å². The van der Waals surface area contributed by atoms with Gasteiger partial charge in [-0.15, -0.1) is 10.2 Å². The normalized spacial score (nSPS) is 10.3. The summed E-state index contributed by atoms with van der Waals surface area (Å²) < 4.78 is 1.39. The Labute approximate surface area is 67.0 Å². The van der Waals surface area contributed by atoms with Crippen LogP contribution in [0.3, 0.4) is 0 Å². The van der Waals surface area contributed by atoms with E-state index in [1.165, 1.54) is 23.1 Å². The van der Waals surface area contributed by atoms with Crippen LogP contribution in [0.2, 0.25) is 0 Å². The van der Waals surface area contributed by atoms with Gasteiger partial charge in [0.1, 0.15) is 6.33 Å². The van der Waals surface area contributed by atoms with Gasteiger partial charge < -0.3 is 5.73 Å². The van der Waals surface area contributed by atoms with Crippen LogP contribution in [0.25, 0.3) is 5.65 Å². The minimum Gasteiger partial charge on any atom is -0.365 e. The molecule has 60 valence electrons. The molecule has 0 spiro atoms. The standard InChI is InChI=1S/C6H5N5O/c7-5(12)4-1-2-9-11-3-8-10-6(4)11/h1-3H,(H2,7,12). The molecule has 0 aliphatic carbocycles. The molecule has 2 aromatic heterocycles. The van der Waals surface area contributed by atoms with Gasteiger partial charge in [0, 0.05) is 6.20 Å². The Kier molecular flexibility index (Phi) is 1.26. The van der Waals surface area contributed by atoms with Crippen molar-refractivity contribution in [3.8, 4) is 0 Å². The zero-order valence-electron chi connectivity index (χ0n) is 6.01. The number of carbonyl (C=O) groups excluding carboxylic acids is 1. The molecule has 6 nitrogen and oxygen atoms in total. The first-order chi connectivity index (χ1) is 5.79. The average molecular weight is 163 g/mol. The maximum Gasteiger partial charge on any atom is 0.252 e. The summed E-state index contributed by atoms with van der Waals surface area (Å²) in [5, 5.41) is 11.1. The lowest BCUT2D eigenvalue weighted by atomic mass is 10.3. The van der Waals surface area contributed by atoms with Crippen molar-refractivity contribution in [1.82, 2.24) is 19.8 Å². The Morgan fingerprint density at radius 1 is 1.58 bits per heavy atom. The molecule has 0 aliphatic rings. The van der Waals surface area contributed by atoms with Crippen LogP contribution in [-0.4, -0.2) is 25.7 Å². The number of rotatable bonds is 1. The topological polar surface area (TPSA) is 86.2 Å². The van der Waals surface area contributed by atoms with Crippen molar-refractivity contribution < 1.29 is 4.79 Å². The van der Waals surface area contributed by atoms with E-state index in [9.17, 15) is 4.79 Å². The number of fused-ring (bicyclic) bond motifs is 1. The summed E-state index contributed by atoms with van der Waals surface area (Å²) in [6.45, 7) is 0. The van der Waals surface area contributed by atoms with Gasteiger partial charge in [0.2, 0.25) is 0 Å². The fourth-order valence-corrected chi connectivity index (χ4v) is 0.938. The van der Waals surface area contributed by atoms with E-state index in [1.54, 1.807) is 0 Å². The second-order valence-electron chi connectivity index (χ2n) is 2.21. The highest BCUT2D eigenvalue weighted by Gasteiger charge is 2.07. The van der Waals surface area contributed by atoms with Crippen LogP contribution < -0.4 is 5.73 Å². The summed E-state index contributed by atoms with van der Waals surface area (Å²) in [7, 11) is 0. The first-order valence-electron chi connectivity index (χ1n) is 3.24. The highest BCUT2D eigenvalue weighted by atomic mass is 16.1. The molecule has 1 amide bonds. The Bertz CT molecular complexity index is 434. The Morgan fingerprint density at radius 2 is 2.42 bits per heavy atom. The van der Waals surface area contributed by atoms with Crippen LogP contribution in [0.1, 0.15) is 10.4 Å². The van der Waals surface area contributed by atoms with Crippen LogP contribution in [-0.2, 0) is 0 Å². The highest BCUT2D eigenvalue weighted by Crippen LogP contribution is 2.03. The molecule has 0 saturated heterocycles. The van der Waals surface area contributed by atoms with Gasteiger partial charge in [-0.1, -0.05) is 0 Å². The zero-order valence-corrected chi connectivity index (χ0v) is 6.01. The van der Waals surface area contributed by atoms with Crippen molar-refractivity contribution in [2.24, 2.45) is 5.73 Å². The summed E-state index contributed by atoms with van der Waals surface area (Å²) in [6.07, 6.45) is 2.87. The summed E-state index contributed by atoms with van der Waals surface area (Å²) >= 11 is 0. The average Bonchev–Trinajstić information content (AvgIpc) is 2.49. The predicted molar refractivity (Wildman–Crippen MR) is 39.3 cm³/mol. The number of aromatic nitrogens is 4. The Morgan fingerprint density at radius 3 is 3.17 bits per heavy atom. The molecule has 2 rings (SSSR count). The van der Waals surface area contributed by atoms with Crippen LogP contribution in [0.15, 0.2) is 18.6 Å². The molecule has 2 aromatic rings. The van der Waals surface area contributed by atoms with E-state index < -0.39 is 5.91 Å². The largest absolute Gasteiger partial charge is 0.365 e. The first-order valence-corrected chi connectivity index (χ1v) is 3.24. The molecule has 12 heavy (non-hydrogen) atoms. The molecular formula is C6H5N5O. The van der Waals surface area contributed by atoms with E-state index in [2.05, 4.69) is 15.3 Å². The van der Waals surface area contributed by atoms with Crippen molar-refractivity contribution in [2.45, 2.75) is 0 Å². The third kappa shape index (κ3) is 0.815. The van der Waals surface area contributed by atoms with E-state index in [0.717, 1.165) is 0 Å². The summed E-state index contributed by atoms with van der Waals surface area (Å²) in [5.74, 6) is -0.532. The van der Waals surface area contributed by atoms with Gasteiger partial charge in [-0.05, 0) is 6.07 Å². The van der Waals surface area contributed by atoms with Gasteiger partial charge in [-0.2, -0.15) is 9.61 Å². The number of hydrogen-bond acceptors (Lipinski definition) is 4. The van der Waals surface area contributed by atoms with E-state index in [-0.39, 0.29) is 0 Å². The lowest BCUT2D eigenvalue weighted by molar-refractivity contribution is 0.100. The molecule has 0 fully saturated rings. The van der Waals surface area contributed by atoms with Crippen molar-refractivity contribution in [1.29, 1.82) is 0 Å². The Hall–Kier alpha value is -1.98. The summed E-state index contributed by atoms with van der Waals surface area (Å²) in [4.78, 5) is 10.8. The second-order valence-corrected chi connectivity index (χ2v) is 2.21. The van der Waals surface area contributed by atoms with Gasteiger partial charge in [0.05, 0.1) is 5.56 Å². The van der Waals surface area contributed by atoms with Crippen LogP contribution in [0, 0.1) is 0 Å². The third-order valence-corrected chi connectivity index (χ3v) is 1.47. The molecule has 0 saturated carbocycles. The number of primary amides is 1. The molecule has 0 atom stereocenters. The van der Waals surface area contributed by atoms with Gasteiger partial charge in [0.15, 0.2) is 5.65 Å². The van der Waals surface area contributed by atoms with E-state index >= 15 is 0 Å². The maximum atomic E-state index is 10.8. The monoisotopic (exact) mass is 163 g/mol. The molecular weight excluding hydrogens is 158 g/mol. The van der Waals surface area contributed by atoms with E-state index in [4.69, 9.17) is 5.73 Å². The second kappa shape index (κ2) is 2.26. The smallest absolute Gasteiger partial charge is 0.252 e. The number of amides is 1. The van der Waals surface area contributed by atoms with Crippen LogP contribution in [0.5, 0.6) is 0 Å². The fourth-order valence-electron chi connectivity index (χ4n) is 0.938. The minimum atomic E-state index is -0.532. The predicted octanol–water partition coefficient (Wildman–Crippen LogP) is -0.777. The number of carbonyl (C=O) groups is 1. The van der Waals surface area contributed by atoms with Crippen molar-refractivity contribution in [3.05, 3.63) is 24.2 Å². The van der Waals surface area contributed by atoms with E-state index in [1.807, 2.05) is 0 Å². The van der Waals surface area contributed by atoms with Crippen molar-refractivity contribution in [2.75, 3.05) is 0 Å². The maximum absolute atomic E-state index is 10.8. The quantitative estimate of drug-likeness (QED) is 0.597. The van der Waals surface area contributed by atoms with Gasteiger partial charge in [-0.25, -0.2) is 0 Å². The van der Waals surface area contributed by atoms with Gasteiger partial charge >= 0.3 is 0 Å². The molecule has 0 aliphatic heterocycles. The Balaban J connectivity index is 2.82. The van der Waals surface area contributed by atoms with Gasteiger partial charge in [0.25, 0.3) is 5.91 Å². The third-order valence-electron chi connectivity index (χ3n) is 1.47. The molecule has 6 heteroatoms.